The Morgan fingerprint density at radius 2 is 2.15 bits per heavy atom. The number of nitrogen functional groups attached to an aromatic ring is 1. The molecule has 0 unspecified atom stereocenters. The number of nitrogens with one attached hydrogen (secondary N) is 2. The Balaban J connectivity index is 2.66. The first-order valence-corrected chi connectivity index (χ1v) is 7.15. The highest BCUT2D eigenvalue weighted by Gasteiger charge is 2.20. The van der Waals surface area contributed by atoms with Crippen LogP contribution in [0.15, 0.2) is 23.1 Å². The van der Waals surface area contributed by atoms with Crippen LogP contribution in [0, 0.1) is 5.82 Å². The number of hydrogen-bond acceptors (Lipinski definition) is 5. The second kappa shape index (κ2) is 7.17. The van der Waals surface area contributed by atoms with E-state index in [9.17, 15) is 17.6 Å². The highest BCUT2D eigenvalue weighted by Crippen LogP contribution is 2.17. The normalized spacial score (nSPS) is 11.3. The van der Waals surface area contributed by atoms with Gasteiger partial charge in [0.15, 0.2) is 0 Å². The number of ether oxygens (including phenoxy) is 1. The Morgan fingerprint density at radius 1 is 1.45 bits per heavy atom. The van der Waals surface area contributed by atoms with Crippen LogP contribution in [0.25, 0.3) is 0 Å². The Labute approximate surface area is 116 Å². The number of amides is 1. The van der Waals surface area contributed by atoms with Crippen molar-refractivity contribution in [3.63, 3.8) is 0 Å². The van der Waals surface area contributed by atoms with E-state index in [1.54, 1.807) is 0 Å². The van der Waals surface area contributed by atoms with Gasteiger partial charge < -0.3 is 15.8 Å². The fourth-order valence-electron chi connectivity index (χ4n) is 1.32. The zero-order valence-corrected chi connectivity index (χ0v) is 11.7. The molecule has 0 aromatic heterocycles. The Hall–Kier alpha value is -1.71. The smallest absolute Gasteiger partial charge is 0.244 e. The van der Waals surface area contributed by atoms with Crippen molar-refractivity contribution < 1.29 is 22.3 Å². The average Bonchev–Trinajstić information content (AvgIpc) is 2.39. The molecule has 0 saturated heterocycles. The predicted octanol–water partition coefficient (Wildman–Crippen LogP) is -0.551. The third-order valence-corrected chi connectivity index (χ3v) is 3.71. The molecule has 20 heavy (non-hydrogen) atoms. The predicted molar refractivity (Wildman–Crippen MR) is 70.9 cm³/mol. The molecule has 0 saturated carbocycles. The van der Waals surface area contributed by atoms with Crippen LogP contribution in [-0.2, 0) is 19.6 Å². The molecule has 0 atom stereocenters. The minimum absolute atomic E-state index is 0.108. The van der Waals surface area contributed by atoms with Gasteiger partial charge in [0.1, 0.15) is 10.7 Å². The molecule has 0 aliphatic heterocycles. The Morgan fingerprint density at radius 3 is 2.80 bits per heavy atom. The summed E-state index contributed by atoms with van der Waals surface area (Å²) in [6.45, 7) is 0.0618. The maximum absolute atomic E-state index is 13.4. The number of sulfonamides is 1. The van der Waals surface area contributed by atoms with E-state index in [-0.39, 0.29) is 12.2 Å². The fourth-order valence-corrected chi connectivity index (χ4v) is 2.41. The van der Waals surface area contributed by atoms with Gasteiger partial charge in [-0.05, 0) is 18.2 Å². The van der Waals surface area contributed by atoms with E-state index in [1.165, 1.54) is 13.2 Å². The molecule has 0 bridgehead atoms. The van der Waals surface area contributed by atoms with Crippen LogP contribution in [0.1, 0.15) is 0 Å². The molecule has 0 radical (unpaired) electrons. The Kier molecular flexibility index (Phi) is 5.86. The quantitative estimate of drug-likeness (QED) is 0.462. The maximum atomic E-state index is 13.4. The lowest BCUT2D eigenvalue weighted by molar-refractivity contribution is -0.120. The number of hydrogen-bond donors (Lipinski definition) is 3. The van der Waals surface area contributed by atoms with E-state index < -0.39 is 33.2 Å². The van der Waals surface area contributed by atoms with Gasteiger partial charge in [-0.1, -0.05) is 0 Å². The summed E-state index contributed by atoms with van der Waals surface area (Å²) >= 11 is 0. The number of nitrogens with two attached hydrogens (primary N) is 1. The summed E-state index contributed by atoms with van der Waals surface area (Å²) in [6.07, 6.45) is 0. The van der Waals surface area contributed by atoms with Crippen LogP contribution in [0.2, 0.25) is 0 Å². The van der Waals surface area contributed by atoms with Gasteiger partial charge in [0, 0.05) is 19.3 Å². The van der Waals surface area contributed by atoms with E-state index in [4.69, 9.17) is 10.5 Å². The average molecular weight is 305 g/mol. The van der Waals surface area contributed by atoms with Crippen molar-refractivity contribution in [2.45, 2.75) is 4.90 Å². The lowest BCUT2D eigenvalue weighted by Crippen LogP contribution is -2.38. The van der Waals surface area contributed by atoms with E-state index in [1.807, 2.05) is 4.72 Å². The number of anilines is 1. The second-order valence-electron chi connectivity index (χ2n) is 3.86. The van der Waals surface area contributed by atoms with Crippen molar-refractivity contribution in [3.05, 3.63) is 24.0 Å². The Bertz CT molecular complexity index is 577. The van der Waals surface area contributed by atoms with Crippen LogP contribution in [0.5, 0.6) is 0 Å². The first kappa shape index (κ1) is 16.3. The molecule has 0 heterocycles. The molecule has 9 heteroatoms. The minimum Gasteiger partial charge on any atom is -0.399 e. The zero-order valence-electron chi connectivity index (χ0n) is 10.8. The molecule has 7 nitrogen and oxygen atoms in total. The van der Waals surface area contributed by atoms with Gasteiger partial charge in [-0.15, -0.1) is 0 Å². The molecule has 0 spiro atoms. The van der Waals surface area contributed by atoms with Crippen LogP contribution in [0.4, 0.5) is 10.1 Å². The summed E-state index contributed by atoms with van der Waals surface area (Å²) in [7, 11) is -2.67. The maximum Gasteiger partial charge on any atom is 0.244 e. The summed E-state index contributed by atoms with van der Waals surface area (Å²) in [6, 6.07) is 3.18. The topological polar surface area (TPSA) is 111 Å². The van der Waals surface area contributed by atoms with Crippen LogP contribution in [0.3, 0.4) is 0 Å². The van der Waals surface area contributed by atoms with Crippen molar-refractivity contribution in [3.8, 4) is 0 Å². The molecule has 0 fully saturated rings. The third kappa shape index (κ3) is 4.76. The fraction of sp³-hybridized carbons (Fsp3) is 0.364. The molecule has 0 aliphatic rings. The highest BCUT2D eigenvalue weighted by atomic mass is 32.2. The van der Waals surface area contributed by atoms with E-state index in [0.29, 0.717) is 6.61 Å². The number of carbonyl (C=O) groups is 1. The molecule has 1 aromatic carbocycles. The molecule has 0 aliphatic carbocycles. The summed E-state index contributed by atoms with van der Waals surface area (Å²) < 4.78 is 43.8. The SMILES string of the molecule is COCCNC(=O)CNS(=O)(=O)c1cc(N)ccc1F. The van der Waals surface area contributed by atoms with Crippen LogP contribution in [-0.4, -0.2) is 41.1 Å². The minimum atomic E-state index is -4.14. The summed E-state index contributed by atoms with van der Waals surface area (Å²) in [5.41, 5.74) is 5.52. The standard InChI is InChI=1S/C11H16FN3O4S/c1-19-5-4-14-11(16)7-15-20(17,18)10-6-8(13)2-3-9(10)12/h2-3,6,15H,4-5,7,13H2,1H3,(H,14,16). The number of halogens is 1. The van der Waals surface area contributed by atoms with Gasteiger partial charge in [0.05, 0.1) is 13.2 Å². The number of methoxy groups -OCH3 is 1. The largest absolute Gasteiger partial charge is 0.399 e. The molecular formula is C11H16FN3O4S. The number of carbonyl (C=O) groups excluding carboxylic acids is 1. The van der Waals surface area contributed by atoms with Crippen molar-refractivity contribution in [1.29, 1.82) is 0 Å². The van der Waals surface area contributed by atoms with Crippen LogP contribution >= 0.6 is 0 Å². The van der Waals surface area contributed by atoms with Crippen LogP contribution < -0.4 is 15.8 Å². The van der Waals surface area contributed by atoms with Crippen molar-refractivity contribution in [1.82, 2.24) is 10.0 Å². The van der Waals surface area contributed by atoms with Gasteiger partial charge in [-0.25, -0.2) is 17.5 Å². The second-order valence-corrected chi connectivity index (χ2v) is 5.59. The molecule has 112 valence electrons. The highest BCUT2D eigenvalue weighted by molar-refractivity contribution is 7.89. The summed E-state index contributed by atoms with van der Waals surface area (Å²) in [5, 5.41) is 2.42. The van der Waals surface area contributed by atoms with Crippen molar-refractivity contribution in [2.24, 2.45) is 0 Å². The summed E-state index contributed by atoms with van der Waals surface area (Å²) in [5.74, 6) is -1.48. The van der Waals surface area contributed by atoms with Crippen molar-refractivity contribution >= 4 is 21.6 Å². The zero-order chi connectivity index (χ0) is 15.2. The van der Waals surface area contributed by atoms with E-state index in [0.717, 1.165) is 12.1 Å². The lowest BCUT2D eigenvalue weighted by atomic mass is 10.3. The van der Waals surface area contributed by atoms with Gasteiger partial charge >= 0.3 is 0 Å². The van der Waals surface area contributed by atoms with Gasteiger partial charge in [0.25, 0.3) is 0 Å². The third-order valence-electron chi connectivity index (χ3n) is 2.30. The number of benzene rings is 1. The van der Waals surface area contributed by atoms with Crippen molar-refractivity contribution in [2.75, 3.05) is 32.5 Å². The molecule has 1 aromatic rings. The molecule has 1 amide bonds. The first-order valence-electron chi connectivity index (χ1n) is 5.67. The van der Waals surface area contributed by atoms with Gasteiger partial charge in [-0.3, -0.25) is 4.79 Å². The first-order chi connectivity index (χ1) is 9.36. The van der Waals surface area contributed by atoms with E-state index >= 15 is 0 Å². The lowest BCUT2D eigenvalue weighted by Gasteiger charge is -2.08. The molecular weight excluding hydrogens is 289 g/mol. The number of rotatable bonds is 7. The monoisotopic (exact) mass is 305 g/mol. The molecule has 1 rings (SSSR count). The van der Waals surface area contributed by atoms with E-state index in [2.05, 4.69) is 5.32 Å². The van der Waals surface area contributed by atoms with Gasteiger partial charge in [-0.2, -0.15) is 0 Å². The summed E-state index contributed by atoms with van der Waals surface area (Å²) in [4.78, 5) is 10.7. The van der Waals surface area contributed by atoms with Gasteiger partial charge in [0.2, 0.25) is 15.9 Å². The molecule has 4 N–H and O–H groups in total.